The fraction of sp³-hybridized carbons (Fsp3) is 0.333. The molecule has 1 aromatic carbocycles. The second kappa shape index (κ2) is 8.41. The Kier molecular flexibility index (Phi) is 6.53. The molecule has 1 fully saturated rings. The van der Waals surface area contributed by atoms with Gasteiger partial charge >= 0.3 is 0 Å². The maximum Gasteiger partial charge on any atom is 0.194 e. The molecule has 0 amide bonds. The summed E-state index contributed by atoms with van der Waals surface area (Å²) in [6.07, 6.45) is 6.14. The topological polar surface area (TPSA) is 63.3 Å². The highest BCUT2D eigenvalue weighted by Gasteiger charge is 2.35. The van der Waals surface area contributed by atoms with Crippen LogP contribution in [0.4, 0.5) is 10.2 Å². The molecular weight excluding hydrogens is 418 g/mol. The summed E-state index contributed by atoms with van der Waals surface area (Å²) >= 11 is 0. The maximum absolute atomic E-state index is 13.2. The molecule has 0 atom stereocenters. The number of nitrogens with two attached hydrogens (primary N) is 1. The lowest BCUT2D eigenvalue weighted by molar-refractivity contribution is 0.453. The lowest BCUT2D eigenvalue weighted by Gasteiger charge is -2.28. The molecule has 1 saturated carbocycles. The Hall–Kier alpha value is -1.70. The van der Waals surface area contributed by atoms with E-state index in [2.05, 4.69) is 15.3 Å². The number of benzene rings is 1. The van der Waals surface area contributed by atoms with Gasteiger partial charge in [0.25, 0.3) is 0 Å². The number of guanidine groups is 1. The van der Waals surface area contributed by atoms with Crippen LogP contribution in [0.5, 0.6) is 0 Å². The van der Waals surface area contributed by atoms with E-state index >= 15 is 0 Å². The van der Waals surface area contributed by atoms with Gasteiger partial charge in [-0.15, -0.1) is 24.0 Å². The van der Waals surface area contributed by atoms with Crippen LogP contribution in [0.25, 0.3) is 0 Å². The van der Waals surface area contributed by atoms with Crippen molar-refractivity contribution in [2.24, 2.45) is 10.7 Å². The maximum atomic E-state index is 13.2. The molecule has 1 aliphatic rings. The van der Waals surface area contributed by atoms with Gasteiger partial charge in [-0.2, -0.15) is 0 Å². The molecule has 128 valence electrons. The number of nitrogens with zero attached hydrogens (tertiary/aromatic N) is 2. The smallest absolute Gasteiger partial charge is 0.194 e. The second-order valence-electron chi connectivity index (χ2n) is 6.04. The van der Waals surface area contributed by atoms with Crippen LogP contribution >= 0.6 is 24.0 Å². The third-order valence-electron chi connectivity index (χ3n) is 4.49. The predicted molar refractivity (Wildman–Crippen MR) is 106 cm³/mol. The van der Waals surface area contributed by atoms with Crippen molar-refractivity contribution in [3.05, 3.63) is 60.0 Å². The molecule has 6 heteroatoms. The molecule has 3 rings (SSSR count). The molecule has 3 N–H and O–H groups in total. The van der Waals surface area contributed by atoms with Crippen molar-refractivity contribution < 1.29 is 4.39 Å². The Balaban J connectivity index is 0.00000208. The average molecular weight is 440 g/mol. The molecular formula is C18H22FIN4. The van der Waals surface area contributed by atoms with Gasteiger partial charge in [-0.25, -0.2) is 9.37 Å². The van der Waals surface area contributed by atoms with Gasteiger partial charge in [0, 0.05) is 11.6 Å². The fourth-order valence-corrected chi connectivity index (χ4v) is 3.24. The molecule has 0 unspecified atom stereocenters. The standard InChI is InChI=1S/C18H21FN4.HI/c19-15-8-6-14(7-9-15)18(10-2-3-11-18)13-22-17(20)23-16-5-1-4-12-21-16;/h1,4-9,12H,2-3,10-11,13H2,(H3,20,21,22,23);1H. The van der Waals surface area contributed by atoms with Crippen LogP contribution in [0, 0.1) is 5.82 Å². The highest BCUT2D eigenvalue weighted by molar-refractivity contribution is 14.0. The Morgan fingerprint density at radius 1 is 1.17 bits per heavy atom. The van der Waals surface area contributed by atoms with Crippen LogP contribution in [-0.2, 0) is 5.41 Å². The summed E-state index contributed by atoms with van der Waals surface area (Å²) in [5.41, 5.74) is 7.09. The lowest BCUT2D eigenvalue weighted by atomic mass is 9.79. The van der Waals surface area contributed by atoms with Gasteiger partial charge in [0.05, 0.1) is 6.54 Å². The summed E-state index contributed by atoms with van der Waals surface area (Å²) in [4.78, 5) is 8.69. The van der Waals surface area contributed by atoms with Crippen molar-refractivity contribution in [1.29, 1.82) is 0 Å². The highest BCUT2D eigenvalue weighted by Crippen LogP contribution is 2.41. The second-order valence-corrected chi connectivity index (χ2v) is 6.04. The molecule has 0 bridgehead atoms. The van der Waals surface area contributed by atoms with Crippen molar-refractivity contribution in [1.82, 2.24) is 4.98 Å². The van der Waals surface area contributed by atoms with Gasteiger partial charge in [0.15, 0.2) is 5.96 Å². The van der Waals surface area contributed by atoms with E-state index < -0.39 is 0 Å². The first-order chi connectivity index (χ1) is 11.2. The van der Waals surface area contributed by atoms with Crippen molar-refractivity contribution in [3.8, 4) is 0 Å². The van der Waals surface area contributed by atoms with E-state index in [9.17, 15) is 4.39 Å². The highest BCUT2D eigenvalue weighted by atomic mass is 127. The number of nitrogens with one attached hydrogen (secondary N) is 1. The Bertz CT molecular complexity index is 667. The SMILES string of the molecule is I.NC(=NCC1(c2ccc(F)cc2)CCCC1)Nc1ccccn1. The van der Waals surface area contributed by atoms with Crippen LogP contribution in [-0.4, -0.2) is 17.5 Å². The van der Waals surface area contributed by atoms with Crippen LogP contribution in [0.15, 0.2) is 53.7 Å². The minimum Gasteiger partial charge on any atom is -0.370 e. The fourth-order valence-electron chi connectivity index (χ4n) is 3.24. The van der Waals surface area contributed by atoms with Crippen LogP contribution < -0.4 is 11.1 Å². The largest absolute Gasteiger partial charge is 0.370 e. The summed E-state index contributed by atoms with van der Waals surface area (Å²) in [5.74, 6) is 0.829. The van der Waals surface area contributed by atoms with E-state index in [-0.39, 0.29) is 35.2 Å². The molecule has 0 radical (unpaired) electrons. The van der Waals surface area contributed by atoms with Gasteiger partial charge in [-0.1, -0.05) is 31.0 Å². The number of rotatable bonds is 4. The van der Waals surface area contributed by atoms with Crippen LogP contribution in [0.2, 0.25) is 0 Å². The summed E-state index contributed by atoms with van der Waals surface area (Å²) in [6.45, 7) is 0.601. The first kappa shape index (κ1) is 18.6. The van der Waals surface area contributed by atoms with Crippen LogP contribution in [0.3, 0.4) is 0 Å². The molecule has 0 spiro atoms. The summed E-state index contributed by atoms with van der Waals surface area (Å²) in [7, 11) is 0. The Morgan fingerprint density at radius 2 is 1.88 bits per heavy atom. The van der Waals surface area contributed by atoms with Gasteiger partial charge in [0.1, 0.15) is 11.6 Å². The quantitative estimate of drug-likeness (QED) is 0.428. The van der Waals surface area contributed by atoms with Crippen molar-refractivity contribution in [3.63, 3.8) is 0 Å². The minimum absolute atomic E-state index is 0. The zero-order valence-electron chi connectivity index (χ0n) is 13.4. The number of anilines is 1. The van der Waals surface area contributed by atoms with Crippen molar-refractivity contribution in [2.45, 2.75) is 31.1 Å². The van der Waals surface area contributed by atoms with E-state index in [0.717, 1.165) is 18.4 Å². The number of halogens is 2. The van der Waals surface area contributed by atoms with Crippen LogP contribution in [0.1, 0.15) is 31.2 Å². The molecule has 0 saturated heterocycles. The van der Waals surface area contributed by atoms with E-state index in [0.29, 0.717) is 18.3 Å². The lowest BCUT2D eigenvalue weighted by Crippen LogP contribution is -2.30. The molecule has 1 heterocycles. The third-order valence-corrected chi connectivity index (χ3v) is 4.49. The van der Waals surface area contributed by atoms with E-state index in [1.54, 1.807) is 6.20 Å². The monoisotopic (exact) mass is 440 g/mol. The molecule has 2 aromatic rings. The average Bonchev–Trinajstić information content (AvgIpc) is 3.05. The number of aromatic nitrogens is 1. The predicted octanol–water partition coefficient (Wildman–Crippen LogP) is 4.08. The minimum atomic E-state index is -0.207. The Labute approximate surface area is 158 Å². The molecule has 0 aliphatic heterocycles. The van der Waals surface area contributed by atoms with Gasteiger partial charge in [0.2, 0.25) is 0 Å². The van der Waals surface area contributed by atoms with E-state index in [4.69, 9.17) is 5.73 Å². The zero-order valence-corrected chi connectivity index (χ0v) is 15.7. The summed E-state index contributed by atoms with van der Waals surface area (Å²) < 4.78 is 13.2. The van der Waals surface area contributed by atoms with Gasteiger partial charge in [-0.3, -0.25) is 4.99 Å². The first-order valence-electron chi connectivity index (χ1n) is 7.92. The molecule has 24 heavy (non-hydrogen) atoms. The number of hydrogen-bond donors (Lipinski definition) is 2. The summed E-state index contributed by atoms with van der Waals surface area (Å²) in [6, 6.07) is 12.4. The normalized spacial score (nSPS) is 16.5. The molecule has 1 aromatic heterocycles. The van der Waals surface area contributed by atoms with Gasteiger partial charge < -0.3 is 11.1 Å². The summed E-state index contributed by atoms with van der Waals surface area (Å²) in [5, 5.41) is 3.00. The number of hydrogen-bond acceptors (Lipinski definition) is 2. The van der Waals surface area contributed by atoms with E-state index in [1.807, 2.05) is 30.3 Å². The molecule has 1 aliphatic carbocycles. The molecule has 4 nitrogen and oxygen atoms in total. The third kappa shape index (κ3) is 4.43. The number of pyridine rings is 1. The van der Waals surface area contributed by atoms with Crippen molar-refractivity contribution in [2.75, 3.05) is 11.9 Å². The van der Waals surface area contributed by atoms with Crippen molar-refractivity contribution >= 4 is 35.8 Å². The zero-order chi connectivity index (χ0) is 16.1. The first-order valence-corrected chi connectivity index (χ1v) is 7.92. The van der Waals surface area contributed by atoms with Gasteiger partial charge in [-0.05, 0) is 42.7 Å². The van der Waals surface area contributed by atoms with E-state index in [1.165, 1.54) is 25.0 Å². The Morgan fingerprint density at radius 3 is 2.50 bits per heavy atom. The number of aliphatic imine (C=N–C) groups is 1.